The zero-order chi connectivity index (χ0) is 20.9. The summed E-state index contributed by atoms with van der Waals surface area (Å²) in [4.78, 5) is 4.62. The third-order valence-corrected chi connectivity index (χ3v) is 6.21. The lowest BCUT2D eigenvalue weighted by atomic mass is 10.1. The number of thiocarbonyl (C=S) groups is 1. The largest absolute Gasteiger partial charge is 0.346 e. The van der Waals surface area contributed by atoms with Crippen molar-refractivity contribution in [1.82, 2.24) is 19.6 Å². The van der Waals surface area contributed by atoms with E-state index in [1.807, 2.05) is 35.1 Å². The van der Waals surface area contributed by atoms with E-state index in [2.05, 4.69) is 57.5 Å². The van der Waals surface area contributed by atoms with E-state index in [1.54, 1.807) is 0 Å². The zero-order valence-electron chi connectivity index (χ0n) is 17.1. The van der Waals surface area contributed by atoms with E-state index in [-0.39, 0.29) is 0 Å². The lowest BCUT2D eigenvalue weighted by molar-refractivity contribution is 0.177. The van der Waals surface area contributed by atoms with Gasteiger partial charge >= 0.3 is 0 Å². The number of piperazine rings is 1. The van der Waals surface area contributed by atoms with Crippen LogP contribution in [0.15, 0.2) is 60.8 Å². The Morgan fingerprint density at radius 1 is 0.967 bits per heavy atom. The van der Waals surface area contributed by atoms with Crippen LogP contribution in [0.4, 0.5) is 5.82 Å². The molecular weight excluding hydrogens is 414 g/mol. The molecule has 1 aliphatic rings. The van der Waals surface area contributed by atoms with Crippen LogP contribution in [0, 0.1) is 6.92 Å². The summed E-state index contributed by atoms with van der Waals surface area (Å²) in [6, 6.07) is 18.4. The summed E-state index contributed by atoms with van der Waals surface area (Å²) in [6.45, 7) is 7.43. The lowest BCUT2D eigenvalue weighted by Gasteiger charge is -2.36. The Morgan fingerprint density at radius 2 is 1.67 bits per heavy atom. The molecule has 0 spiro atoms. The third kappa shape index (κ3) is 5.19. The number of rotatable bonds is 5. The van der Waals surface area contributed by atoms with Crippen molar-refractivity contribution in [2.75, 3.05) is 31.5 Å². The van der Waals surface area contributed by atoms with Crippen molar-refractivity contribution in [2.45, 2.75) is 20.0 Å². The monoisotopic (exact) mass is 439 g/mol. The molecule has 0 atom stereocenters. The molecule has 0 unspecified atom stereocenters. The highest BCUT2D eigenvalue weighted by molar-refractivity contribution is 7.80. The van der Waals surface area contributed by atoms with Crippen LogP contribution in [0.25, 0.3) is 0 Å². The first-order valence-corrected chi connectivity index (χ1v) is 11.0. The highest BCUT2D eigenvalue weighted by atomic mass is 35.5. The Hall–Kier alpha value is -2.41. The maximum atomic E-state index is 6.30. The first-order valence-electron chi connectivity index (χ1n) is 10.2. The summed E-state index contributed by atoms with van der Waals surface area (Å²) < 4.78 is 1.94. The van der Waals surface area contributed by atoms with Gasteiger partial charge in [0.1, 0.15) is 0 Å². The third-order valence-electron chi connectivity index (χ3n) is 5.48. The van der Waals surface area contributed by atoms with Crippen molar-refractivity contribution in [3.8, 4) is 0 Å². The highest BCUT2D eigenvalue weighted by Crippen LogP contribution is 2.18. The van der Waals surface area contributed by atoms with Crippen molar-refractivity contribution in [3.63, 3.8) is 0 Å². The van der Waals surface area contributed by atoms with Crippen LogP contribution in [0.3, 0.4) is 0 Å². The second-order valence-corrected chi connectivity index (χ2v) is 8.40. The first kappa shape index (κ1) is 20.8. The molecule has 4 rings (SSSR count). The number of benzene rings is 2. The van der Waals surface area contributed by atoms with Crippen molar-refractivity contribution < 1.29 is 0 Å². The molecule has 1 aromatic heterocycles. The standard InChI is InChI=1S/C23H26ClN5S/c1-18-6-2-3-7-19(18)17-29-11-10-22(26-29)25-23(30)28-14-12-27(13-15-28)16-20-8-4-5-9-21(20)24/h2-11H,12-17H2,1H3,(H,25,26,30). The van der Waals surface area contributed by atoms with E-state index in [0.717, 1.165) is 55.2 Å². The molecule has 0 amide bonds. The summed E-state index contributed by atoms with van der Waals surface area (Å²) >= 11 is 11.9. The van der Waals surface area contributed by atoms with Gasteiger partial charge in [0.05, 0.1) is 6.54 Å². The summed E-state index contributed by atoms with van der Waals surface area (Å²) in [6.07, 6.45) is 1.99. The number of aryl methyl sites for hydroxylation is 1. The van der Waals surface area contributed by atoms with Crippen LogP contribution in [-0.2, 0) is 13.1 Å². The van der Waals surface area contributed by atoms with E-state index >= 15 is 0 Å². The second-order valence-electron chi connectivity index (χ2n) is 7.61. The van der Waals surface area contributed by atoms with Gasteiger partial charge in [-0.05, 0) is 41.9 Å². The SMILES string of the molecule is Cc1ccccc1Cn1ccc(NC(=S)N2CCN(Cc3ccccc3Cl)CC2)n1. The number of halogens is 1. The molecule has 2 aromatic carbocycles. The van der Waals surface area contributed by atoms with E-state index in [9.17, 15) is 0 Å². The topological polar surface area (TPSA) is 36.3 Å². The Labute approximate surface area is 188 Å². The highest BCUT2D eigenvalue weighted by Gasteiger charge is 2.20. The maximum absolute atomic E-state index is 6.30. The smallest absolute Gasteiger partial charge is 0.174 e. The summed E-state index contributed by atoms with van der Waals surface area (Å²) in [5.41, 5.74) is 3.71. The first-order chi connectivity index (χ1) is 14.6. The molecule has 3 aromatic rings. The summed E-state index contributed by atoms with van der Waals surface area (Å²) in [7, 11) is 0. The number of hydrogen-bond donors (Lipinski definition) is 1. The normalized spacial score (nSPS) is 14.7. The van der Waals surface area contributed by atoms with Gasteiger partial charge in [-0.15, -0.1) is 0 Å². The van der Waals surface area contributed by atoms with Gasteiger partial charge in [-0.2, -0.15) is 5.10 Å². The minimum absolute atomic E-state index is 0.730. The molecule has 156 valence electrons. The summed E-state index contributed by atoms with van der Waals surface area (Å²) in [5, 5.41) is 9.48. The molecule has 0 radical (unpaired) electrons. The Kier molecular flexibility index (Phi) is 6.67. The molecule has 1 aliphatic heterocycles. The molecule has 7 heteroatoms. The predicted molar refractivity (Wildman–Crippen MR) is 127 cm³/mol. The summed E-state index contributed by atoms with van der Waals surface area (Å²) in [5.74, 6) is 0.784. The minimum Gasteiger partial charge on any atom is -0.346 e. The second kappa shape index (κ2) is 9.60. The van der Waals surface area contributed by atoms with Gasteiger partial charge in [0.15, 0.2) is 10.9 Å². The number of nitrogens with zero attached hydrogens (tertiary/aromatic N) is 4. The van der Waals surface area contributed by atoms with E-state index in [1.165, 1.54) is 16.7 Å². The van der Waals surface area contributed by atoms with Crippen molar-refractivity contribution in [3.05, 3.63) is 82.5 Å². The molecule has 5 nitrogen and oxygen atoms in total. The fraction of sp³-hybridized carbons (Fsp3) is 0.304. The van der Waals surface area contributed by atoms with Crippen LogP contribution in [-0.4, -0.2) is 50.9 Å². The molecule has 1 fully saturated rings. The lowest BCUT2D eigenvalue weighted by Crippen LogP contribution is -2.49. The molecule has 0 bridgehead atoms. The molecular formula is C23H26ClN5S. The average Bonchev–Trinajstić information content (AvgIpc) is 3.19. The van der Waals surface area contributed by atoms with Gasteiger partial charge in [0.2, 0.25) is 0 Å². The minimum atomic E-state index is 0.730. The fourth-order valence-electron chi connectivity index (χ4n) is 3.64. The molecule has 0 saturated carbocycles. The van der Waals surface area contributed by atoms with E-state index in [0.29, 0.717) is 0 Å². The van der Waals surface area contributed by atoms with Gasteiger partial charge < -0.3 is 10.2 Å². The maximum Gasteiger partial charge on any atom is 0.174 e. The Balaban J connectivity index is 1.28. The predicted octanol–water partition coefficient (Wildman–Crippen LogP) is 4.41. The van der Waals surface area contributed by atoms with Gasteiger partial charge in [0.25, 0.3) is 0 Å². The Bertz CT molecular complexity index is 1010. The Morgan fingerprint density at radius 3 is 2.40 bits per heavy atom. The van der Waals surface area contributed by atoms with Crippen molar-refractivity contribution in [2.24, 2.45) is 0 Å². The van der Waals surface area contributed by atoms with Crippen molar-refractivity contribution >= 4 is 34.7 Å². The number of hydrogen-bond acceptors (Lipinski definition) is 3. The van der Waals surface area contributed by atoms with Crippen LogP contribution in [0.5, 0.6) is 0 Å². The molecule has 30 heavy (non-hydrogen) atoms. The average molecular weight is 440 g/mol. The van der Waals surface area contributed by atoms with Gasteiger partial charge in [-0.25, -0.2) is 0 Å². The van der Waals surface area contributed by atoms with E-state index < -0.39 is 0 Å². The quantitative estimate of drug-likeness (QED) is 0.596. The van der Waals surface area contributed by atoms with E-state index in [4.69, 9.17) is 23.8 Å². The molecule has 1 saturated heterocycles. The van der Waals surface area contributed by atoms with Crippen LogP contribution < -0.4 is 5.32 Å². The van der Waals surface area contributed by atoms with Crippen LogP contribution in [0.2, 0.25) is 5.02 Å². The van der Waals surface area contributed by atoms with Gasteiger partial charge in [-0.1, -0.05) is 54.1 Å². The number of aromatic nitrogens is 2. The molecule has 0 aliphatic carbocycles. The number of anilines is 1. The van der Waals surface area contributed by atoms with Gasteiger partial charge in [-0.3, -0.25) is 9.58 Å². The van der Waals surface area contributed by atoms with Crippen LogP contribution >= 0.6 is 23.8 Å². The van der Waals surface area contributed by atoms with Crippen molar-refractivity contribution in [1.29, 1.82) is 0 Å². The van der Waals surface area contributed by atoms with Crippen LogP contribution in [0.1, 0.15) is 16.7 Å². The molecule has 1 N–H and O–H groups in total. The van der Waals surface area contributed by atoms with Gasteiger partial charge in [0, 0.05) is 50.0 Å². The number of nitrogens with one attached hydrogen (secondary N) is 1. The molecule has 2 heterocycles. The fourth-order valence-corrected chi connectivity index (χ4v) is 4.13. The zero-order valence-corrected chi connectivity index (χ0v) is 18.7.